The lowest BCUT2D eigenvalue weighted by atomic mass is 9.62. The zero-order valence-electron chi connectivity index (χ0n) is 13.0. The second kappa shape index (κ2) is 4.56. The molecule has 118 valence electrons. The first-order valence-corrected chi connectivity index (χ1v) is 8.40. The van der Waals surface area contributed by atoms with Crippen LogP contribution in [0, 0.1) is 5.92 Å². The number of carbonyl (C=O) groups is 1. The van der Waals surface area contributed by atoms with Gasteiger partial charge in [-0.25, -0.2) is 0 Å². The summed E-state index contributed by atoms with van der Waals surface area (Å²) in [5.41, 5.74) is 5.71. The van der Waals surface area contributed by atoms with Crippen LogP contribution in [0.25, 0.3) is 0 Å². The highest BCUT2D eigenvalue weighted by Gasteiger charge is 2.60. The number of aldehydes is 1. The van der Waals surface area contributed by atoms with Gasteiger partial charge in [0.25, 0.3) is 0 Å². The number of aliphatic hydroxyl groups excluding tert-OH is 1. The van der Waals surface area contributed by atoms with Gasteiger partial charge in [0.05, 0.1) is 12.0 Å². The fraction of sp³-hybridized carbons (Fsp3) is 0.421. The molecule has 5 rings (SSSR count). The predicted octanol–water partition coefficient (Wildman–Crippen LogP) is 1.83. The van der Waals surface area contributed by atoms with E-state index in [0.717, 1.165) is 49.2 Å². The largest absolute Gasteiger partial charge is 0.392 e. The number of nitrogens with zero attached hydrogens (tertiary/aromatic N) is 1. The monoisotopic (exact) mass is 308 g/mol. The maximum atomic E-state index is 12.0. The molecule has 0 amide bonds. The Balaban J connectivity index is 1.78. The molecule has 4 heteroatoms. The van der Waals surface area contributed by atoms with Crippen molar-refractivity contribution in [1.82, 2.24) is 4.90 Å². The number of rotatable bonds is 2. The minimum absolute atomic E-state index is 0.0336. The van der Waals surface area contributed by atoms with E-state index < -0.39 is 0 Å². The van der Waals surface area contributed by atoms with Gasteiger partial charge in [-0.05, 0) is 24.5 Å². The van der Waals surface area contributed by atoms with Crippen LogP contribution in [0.2, 0.25) is 0 Å². The second-order valence-electron chi connectivity index (χ2n) is 7.08. The summed E-state index contributed by atoms with van der Waals surface area (Å²) >= 11 is 0. The summed E-state index contributed by atoms with van der Waals surface area (Å²) in [6, 6.07) is 8.96. The van der Waals surface area contributed by atoms with Crippen molar-refractivity contribution in [3.63, 3.8) is 0 Å². The van der Waals surface area contributed by atoms with Gasteiger partial charge in [-0.2, -0.15) is 0 Å². The Bertz CT molecular complexity index is 766. The maximum absolute atomic E-state index is 12.0. The van der Waals surface area contributed by atoms with E-state index in [9.17, 15) is 9.90 Å². The van der Waals surface area contributed by atoms with Crippen molar-refractivity contribution >= 4 is 12.0 Å². The number of fused-ring (bicyclic) bond motifs is 2. The third-order valence-corrected chi connectivity index (χ3v) is 6.35. The van der Waals surface area contributed by atoms with E-state index in [1.165, 1.54) is 11.1 Å². The molecule has 3 heterocycles. The molecular formula is C19H20N2O2. The van der Waals surface area contributed by atoms with Gasteiger partial charge in [-0.1, -0.05) is 29.8 Å². The average molecular weight is 308 g/mol. The van der Waals surface area contributed by atoms with Crippen LogP contribution in [0.5, 0.6) is 0 Å². The highest BCUT2D eigenvalue weighted by atomic mass is 16.2. The molecule has 1 unspecified atom stereocenters. The van der Waals surface area contributed by atoms with Crippen molar-refractivity contribution in [3.8, 4) is 0 Å². The maximum Gasteiger partial charge on any atom is 0.148 e. The number of hydrogen-bond donors (Lipinski definition) is 2. The SMILES string of the molecule is O=CC1=C2Nc3ccccc3C23CCN2C/C(=C\CO)[C@@H]1C[C@H]23. The van der Waals surface area contributed by atoms with Gasteiger partial charge in [0.15, 0.2) is 0 Å². The molecule has 2 fully saturated rings. The molecule has 1 aromatic carbocycles. The molecule has 0 aromatic heterocycles. The van der Waals surface area contributed by atoms with Crippen LogP contribution in [-0.4, -0.2) is 42.0 Å². The molecule has 23 heavy (non-hydrogen) atoms. The number of hydrogen-bond acceptors (Lipinski definition) is 4. The van der Waals surface area contributed by atoms with Crippen LogP contribution in [-0.2, 0) is 10.2 Å². The zero-order chi connectivity index (χ0) is 15.6. The Morgan fingerprint density at radius 2 is 2.26 bits per heavy atom. The van der Waals surface area contributed by atoms with Gasteiger partial charge >= 0.3 is 0 Å². The topological polar surface area (TPSA) is 52.6 Å². The van der Waals surface area contributed by atoms with Crippen molar-refractivity contribution in [2.45, 2.75) is 24.3 Å². The molecule has 1 aliphatic carbocycles. The Kier molecular flexibility index (Phi) is 2.68. The number of para-hydroxylation sites is 1. The van der Waals surface area contributed by atoms with E-state index in [1.807, 2.05) is 6.08 Å². The van der Waals surface area contributed by atoms with E-state index in [-0.39, 0.29) is 17.9 Å². The summed E-state index contributed by atoms with van der Waals surface area (Å²) in [6.45, 7) is 1.97. The fourth-order valence-corrected chi connectivity index (χ4v) is 5.48. The highest BCUT2D eigenvalue weighted by Crippen LogP contribution is 2.60. The first kappa shape index (κ1) is 13.5. The fourth-order valence-electron chi connectivity index (χ4n) is 5.48. The summed E-state index contributed by atoms with van der Waals surface area (Å²) in [4.78, 5) is 14.5. The van der Waals surface area contributed by atoms with Gasteiger partial charge in [0.1, 0.15) is 6.29 Å². The third kappa shape index (κ3) is 1.51. The average Bonchev–Trinajstić information content (AvgIpc) is 3.12. The number of piperidine rings is 1. The first-order chi connectivity index (χ1) is 11.3. The van der Waals surface area contributed by atoms with Crippen LogP contribution in [0.3, 0.4) is 0 Å². The smallest absolute Gasteiger partial charge is 0.148 e. The molecule has 2 saturated heterocycles. The molecule has 1 aromatic rings. The normalized spacial score (nSPS) is 36.0. The zero-order valence-corrected chi connectivity index (χ0v) is 13.0. The van der Waals surface area contributed by atoms with Crippen molar-refractivity contribution in [1.29, 1.82) is 0 Å². The summed E-state index contributed by atoms with van der Waals surface area (Å²) < 4.78 is 0. The van der Waals surface area contributed by atoms with Crippen molar-refractivity contribution < 1.29 is 9.90 Å². The van der Waals surface area contributed by atoms with Gasteiger partial charge in [0.2, 0.25) is 0 Å². The second-order valence-corrected chi connectivity index (χ2v) is 7.08. The molecule has 3 aliphatic heterocycles. The van der Waals surface area contributed by atoms with E-state index in [2.05, 4.69) is 34.5 Å². The summed E-state index contributed by atoms with van der Waals surface area (Å²) in [5.74, 6) is 0.156. The van der Waals surface area contributed by atoms with Crippen LogP contribution in [0.4, 0.5) is 5.69 Å². The number of allylic oxidation sites excluding steroid dienone is 1. The summed E-state index contributed by atoms with van der Waals surface area (Å²) in [7, 11) is 0. The number of carbonyl (C=O) groups excluding carboxylic acids is 1. The van der Waals surface area contributed by atoms with E-state index in [1.54, 1.807) is 0 Å². The number of anilines is 1. The molecule has 0 saturated carbocycles. The predicted molar refractivity (Wildman–Crippen MR) is 88.1 cm³/mol. The lowest BCUT2D eigenvalue weighted by Gasteiger charge is -2.48. The van der Waals surface area contributed by atoms with Gasteiger partial charge < -0.3 is 10.4 Å². The van der Waals surface area contributed by atoms with Crippen molar-refractivity contribution in [2.24, 2.45) is 5.92 Å². The van der Waals surface area contributed by atoms with Gasteiger partial charge in [-0.3, -0.25) is 9.69 Å². The highest BCUT2D eigenvalue weighted by molar-refractivity contribution is 5.84. The lowest BCUT2D eigenvalue weighted by Crippen LogP contribution is -2.52. The van der Waals surface area contributed by atoms with Crippen molar-refractivity contribution in [3.05, 3.63) is 52.7 Å². The van der Waals surface area contributed by atoms with Crippen LogP contribution >= 0.6 is 0 Å². The van der Waals surface area contributed by atoms with Crippen LogP contribution in [0.15, 0.2) is 47.2 Å². The van der Waals surface area contributed by atoms with E-state index in [4.69, 9.17) is 0 Å². The minimum atomic E-state index is -0.0336. The van der Waals surface area contributed by atoms with E-state index in [0.29, 0.717) is 6.04 Å². The van der Waals surface area contributed by atoms with Gasteiger partial charge in [-0.15, -0.1) is 0 Å². The summed E-state index contributed by atoms with van der Waals surface area (Å²) in [6.07, 6.45) is 5.00. The standard InChI is InChI=1S/C19H20N2O2/c22-8-5-12-10-21-7-6-19-15-3-1-2-4-16(15)20-18(19)14(11-23)13(12)9-17(19)21/h1-5,11,13,17,20,22H,6-10H2/b12-5+/t13-,17-,19?/m0/s1. The molecule has 2 N–H and O–H groups in total. The number of nitrogens with one attached hydrogen (secondary N) is 1. The van der Waals surface area contributed by atoms with Crippen LogP contribution in [0.1, 0.15) is 18.4 Å². The molecular weight excluding hydrogens is 288 g/mol. The number of benzene rings is 1. The first-order valence-electron chi connectivity index (χ1n) is 8.40. The molecule has 0 radical (unpaired) electrons. The molecule has 2 bridgehead atoms. The van der Waals surface area contributed by atoms with E-state index >= 15 is 0 Å². The Morgan fingerprint density at radius 3 is 3.09 bits per heavy atom. The Hall–Kier alpha value is -1.91. The lowest BCUT2D eigenvalue weighted by molar-refractivity contribution is -0.105. The van der Waals surface area contributed by atoms with Crippen LogP contribution < -0.4 is 5.32 Å². The minimum Gasteiger partial charge on any atom is -0.392 e. The molecule has 4 aliphatic rings. The quantitative estimate of drug-likeness (QED) is 0.646. The molecule has 4 nitrogen and oxygen atoms in total. The van der Waals surface area contributed by atoms with Crippen molar-refractivity contribution in [2.75, 3.05) is 25.0 Å². The molecule has 1 spiro atoms. The number of aliphatic hydroxyl groups is 1. The Morgan fingerprint density at radius 1 is 1.39 bits per heavy atom. The third-order valence-electron chi connectivity index (χ3n) is 6.35. The Labute approximate surface area is 135 Å². The molecule has 3 atom stereocenters. The summed E-state index contributed by atoms with van der Waals surface area (Å²) in [5, 5.41) is 12.9. The van der Waals surface area contributed by atoms with Gasteiger partial charge in [0, 0.05) is 42.0 Å².